The molecule has 8 nitrogen and oxygen atoms in total. The fourth-order valence-electron chi connectivity index (χ4n) is 3.59. The maximum Gasteiger partial charge on any atom is 0.256 e. The summed E-state index contributed by atoms with van der Waals surface area (Å²) in [5, 5.41) is 12.8. The number of halogens is 1. The van der Waals surface area contributed by atoms with Crippen molar-refractivity contribution < 1.29 is 4.79 Å². The van der Waals surface area contributed by atoms with E-state index < -0.39 is 0 Å². The molecule has 0 saturated carbocycles. The number of carbonyl (C=O) groups is 1. The summed E-state index contributed by atoms with van der Waals surface area (Å²) >= 11 is 3.39. The van der Waals surface area contributed by atoms with Gasteiger partial charge in [0.05, 0.1) is 23.0 Å². The van der Waals surface area contributed by atoms with E-state index >= 15 is 0 Å². The molecule has 0 aliphatic heterocycles. The average Bonchev–Trinajstić information content (AvgIpc) is 3.39. The lowest BCUT2D eigenvalue weighted by atomic mass is 10.1. The van der Waals surface area contributed by atoms with Crippen molar-refractivity contribution in [1.29, 1.82) is 0 Å². The molecule has 2 aromatic carbocycles. The molecule has 0 bridgehead atoms. The van der Waals surface area contributed by atoms with Crippen molar-refractivity contribution in [2.75, 3.05) is 5.32 Å². The molecule has 0 fully saturated rings. The third kappa shape index (κ3) is 3.91. The van der Waals surface area contributed by atoms with E-state index in [1.165, 1.54) is 17.5 Å². The number of amides is 1. The molecule has 0 aliphatic carbocycles. The fourth-order valence-corrected chi connectivity index (χ4v) is 3.85. The zero-order valence-corrected chi connectivity index (χ0v) is 19.8. The van der Waals surface area contributed by atoms with Crippen molar-refractivity contribution in [2.24, 2.45) is 0 Å². The molecule has 0 radical (unpaired) electrons. The van der Waals surface area contributed by atoms with Crippen molar-refractivity contribution in [1.82, 2.24) is 29.5 Å². The Morgan fingerprint density at radius 3 is 2.48 bits per heavy atom. The molecular weight excluding hydrogens is 482 g/mol. The lowest BCUT2D eigenvalue weighted by Crippen LogP contribution is -2.15. The Bertz CT molecular complexity index is 1500. The molecule has 0 atom stereocenters. The van der Waals surface area contributed by atoms with Gasteiger partial charge in [0.2, 0.25) is 0 Å². The highest BCUT2D eigenvalue weighted by Crippen LogP contribution is 2.25. The lowest BCUT2D eigenvalue weighted by Gasteiger charge is -2.10. The Labute approximate surface area is 198 Å². The van der Waals surface area contributed by atoms with Gasteiger partial charge in [-0.05, 0) is 68.3 Å². The van der Waals surface area contributed by atoms with Gasteiger partial charge in [0.15, 0.2) is 11.5 Å². The van der Waals surface area contributed by atoms with E-state index in [-0.39, 0.29) is 5.91 Å². The number of hydrogen-bond acceptors (Lipinski definition) is 5. The van der Waals surface area contributed by atoms with E-state index in [1.807, 2.05) is 25.1 Å². The van der Waals surface area contributed by atoms with E-state index in [4.69, 9.17) is 0 Å². The largest absolute Gasteiger partial charge is 0.306 e. The van der Waals surface area contributed by atoms with Gasteiger partial charge in [0.1, 0.15) is 12.1 Å². The maximum atomic E-state index is 12.8. The lowest BCUT2D eigenvalue weighted by molar-refractivity contribution is 0.102. The minimum absolute atomic E-state index is 0.236. The van der Waals surface area contributed by atoms with Crippen LogP contribution < -0.4 is 5.32 Å². The van der Waals surface area contributed by atoms with Gasteiger partial charge in [0.25, 0.3) is 5.91 Å². The summed E-state index contributed by atoms with van der Waals surface area (Å²) < 4.78 is 4.30. The molecule has 0 aliphatic rings. The summed E-state index contributed by atoms with van der Waals surface area (Å²) in [7, 11) is 0. The predicted octanol–water partition coefficient (Wildman–Crippen LogP) is 4.94. The van der Waals surface area contributed by atoms with Crippen LogP contribution in [0.15, 0.2) is 65.5 Å². The van der Waals surface area contributed by atoms with Crippen molar-refractivity contribution in [3.63, 3.8) is 0 Å². The summed E-state index contributed by atoms with van der Waals surface area (Å²) in [6.45, 7) is 6.01. The summed E-state index contributed by atoms with van der Waals surface area (Å²) in [5.41, 5.74) is 5.24. The number of aryl methyl sites for hydroxylation is 3. The van der Waals surface area contributed by atoms with Gasteiger partial charge < -0.3 is 5.32 Å². The molecular formula is C24H20BrN7O. The molecule has 0 spiro atoms. The first-order valence-corrected chi connectivity index (χ1v) is 11.1. The first-order valence-electron chi connectivity index (χ1n) is 10.3. The number of hydrogen-bond donors (Lipinski definition) is 1. The zero-order chi connectivity index (χ0) is 23.1. The van der Waals surface area contributed by atoms with Crippen molar-refractivity contribution in [3.05, 3.63) is 87.9 Å². The van der Waals surface area contributed by atoms with Crippen LogP contribution in [-0.2, 0) is 0 Å². The van der Waals surface area contributed by atoms with Crippen LogP contribution in [0.2, 0.25) is 0 Å². The van der Waals surface area contributed by atoms with E-state index in [9.17, 15) is 4.79 Å². The predicted molar refractivity (Wildman–Crippen MR) is 130 cm³/mol. The van der Waals surface area contributed by atoms with E-state index in [0.29, 0.717) is 22.8 Å². The topological polar surface area (TPSA) is 90.5 Å². The summed E-state index contributed by atoms with van der Waals surface area (Å²) in [5.74, 6) is 0.813. The summed E-state index contributed by atoms with van der Waals surface area (Å²) in [6, 6.07) is 15.1. The molecule has 1 N–H and O–H groups in total. The molecule has 0 unspecified atom stereocenters. The molecule has 5 rings (SSSR count). The third-order valence-electron chi connectivity index (χ3n) is 5.46. The van der Waals surface area contributed by atoms with Crippen LogP contribution in [0.3, 0.4) is 0 Å². The number of fused-ring (bicyclic) bond motifs is 1. The molecule has 33 heavy (non-hydrogen) atoms. The van der Waals surface area contributed by atoms with Gasteiger partial charge in [-0.15, -0.1) is 0 Å². The second kappa shape index (κ2) is 8.25. The summed E-state index contributed by atoms with van der Waals surface area (Å²) in [4.78, 5) is 21.7. The zero-order valence-electron chi connectivity index (χ0n) is 18.2. The molecule has 164 valence electrons. The standard InChI is InChI=1S/C24H20BrN7O/c1-14-4-9-19(10-15(14)2)31-22-20(12-28-31)23(27-13-26-22)32-21(11-16(3)30-32)29-24(33)17-5-7-18(25)8-6-17/h4-13H,1-3H3,(H,29,33). The highest BCUT2D eigenvalue weighted by atomic mass is 79.9. The minimum atomic E-state index is -0.236. The van der Waals surface area contributed by atoms with Crippen LogP contribution >= 0.6 is 15.9 Å². The van der Waals surface area contributed by atoms with Crippen molar-refractivity contribution in [3.8, 4) is 11.5 Å². The fraction of sp³-hybridized carbons (Fsp3) is 0.125. The maximum absolute atomic E-state index is 12.8. The van der Waals surface area contributed by atoms with Gasteiger partial charge in [-0.25, -0.2) is 14.6 Å². The van der Waals surface area contributed by atoms with Crippen molar-refractivity contribution in [2.45, 2.75) is 20.8 Å². The number of nitrogens with one attached hydrogen (secondary N) is 1. The number of benzene rings is 2. The highest BCUT2D eigenvalue weighted by Gasteiger charge is 2.18. The Morgan fingerprint density at radius 1 is 0.939 bits per heavy atom. The third-order valence-corrected chi connectivity index (χ3v) is 5.99. The SMILES string of the molecule is Cc1cc(NC(=O)c2ccc(Br)cc2)n(-c2ncnc3c2cnn3-c2ccc(C)c(C)c2)n1. The van der Waals surface area contributed by atoms with Crippen LogP contribution in [-0.4, -0.2) is 35.4 Å². The van der Waals surface area contributed by atoms with Crippen LogP contribution in [0.25, 0.3) is 22.5 Å². The number of carbonyl (C=O) groups excluding carboxylic acids is 1. The van der Waals surface area contributed by atoms with Crippen molar-refractivity contribution >= 4 is 38.7 Å². The smallest absolute Gasteiger partial charge is 0.256 e. The molecule has 0 saturated heterocycles. The molecule has 1 amide bonds. The average molecular weight is 502 g/mol. The Hall–Kier alpha value is -3.85. The molecule has 5 aromatic rings. The van der Waals surface area contributed by atoms with Crippen LogP contribution in [0, 0.1) is 20.8 Å². The van der Waals surface area contributed by atoms with Gasteiger partial charge in [0, 0.05) is 16.1 Å². The first kappa shape index (κ1) is 21.0. The normalized spacial score (nSPS) is 11.2. The Kier molecular flexibility index (Phi) is 5.26. The van der Waals surface area contributed by atoms with E-state index in [2.05, 4.69) is 67.4 Å². The molecule has 3 aromatic heterocycles. The number of aromatic nitrogens is 6. The van der Waals surface area contributed by atoms with Crippen LogP contribution in [0.4, 0.5) is 5.82 Å². The first-order chi connectivity index (χ1) is 15.9. The highest BCUT2D eigenvalue weighted by molar-refractivity contribution is 9.10. The Balaban J connectivity index is 1.56. The number of nitrogens with zero attached hydrogens (tertiary/aromatic N) is 6. The summed E-state index contributed by atoms with van der Waals surface area (Å²) in [6.07, 6.45) is 3.20. The van der Waals surface area contributed by atoms with Gasteiger partial charge in [-0.3, -0.25) is 4.79 Å². The second-order valence-corrected chi connectivity index (χ2v) is 8.72. The number of anilines is 1. The van der Waals surface area contributed by atoms with E-state index in [1.54, 1.807) is 33.8 Å². The van der Waals surface area contributed by atoms with Crippen LogP contribution in [0.1, 0.15) is 27.2 Å². The quantitative estimate of drug-likeness (QED) is 0.376. The molecule has 3 heterocycles. The monoisotopic (exact) mass is 501 g/mol. The van der Waals surface area contributed by atoms with Gasteiger partial charge in [-0.1, -0.05) is 22.0 Å². The van der Waals surface area contributed by atoms with E-state index in [0.717, 1.165) is 21.2 Å². The second-order valence-electron chi connectivity index (χ2n) is 7.80. The number of rotatable bonds is 4. The minimum Gasteiger partial charge on any atom is -0.306 e. The Morgan fingerprint density at radius 2 is 1.73 bits per heavy atom. The van der Waals surface area contributed by atoms with Gasteiger partial charge >= 0.3 is 0 Å². The molecule has 9 heteroatoms. The van der Waals surface area contributed by atoms with Gasteiger partial charge in [-0.2, -0.15) is 14.9 Å². The van der Waals surface area contributed by atoms with Crippen LogP contribution in [0.5, 0.6) is 0 Å².